The Labute approximate surface area is 176 Å². The molecule has 28 heavy (non-hydrogen) atoms. The Bertz CT molecular complexity index is 769. The monoisotopic (exact) mass is 421 g/mol. The van der Waals surface area contributed by atoms with Crippen LogP contribution in [0, 0.1) is 5.82 Å². The number of hydrogen-bond acceptors (Lipinski definition) is 3. The summed E-state index contributed by atoms with van der Waals surface area (Å²) < 4.78 is 19.0. The molecule has 0 atom stereocenters. The third-order valence-corrected chi connectivity index (χ3v) is 5.26. The maximum absolute atomic E-state index is 13.6. The Kier molecular flexibility index (Phi) is 8.03. The molecule has 150 valence electrons. The largest absolute Gasteiger partial charge is 0.379 e. The molecule has 0 spiro atoms. The van der Waals surface area contributed by atoms with Crippen molar-refractivity contribution in [2.24, 2.45) is 0 Å². The number of nitrogens with zero attached hydrogens (tertiary/aromatic N) is 2. The molecule has 3 rings (SSSR count). The van der Waals surface area contributed by atoms with Crippen LogP contribution in [0.2, 0.25) is 5.02 Å². The molecule has 0 bridgehead atoms. The van der Waals surface area contributed by atoms with E-state index in [1.807, 2.05) is 30.3 Å². The van der Waals surface area contributed by atoms with Crippen LogP contribution in [0.3, 0.4) is 0 Å². The van der Waals surface area contributed by atoms with Gasteiger partial charge in [-0.25, -0.2) is 4.39 Å². The van der Waals surface area contributed by atoms with Gasteiger partial charge in [-0.1, -0.05) is 23.7 Å². The van der Waals surface area contributed by atoms with Gasteiger partial charge >= 0.3 is 0 Å². The minimum atomic E-state index is -0.234. The van der Waals surface area contributed by atoms with Gasteiger partial charge in [-0.05, 0) is 60.6 Å². The molecule has 0 aromatic heterocycles. The molecule has 1 aliphatic rings. The Balaban J connectivity index is 1.62. The highest BCUT2D eigenvalue weighted by Gasteiger charge is 2.14. The zero-order valence-electron chi connectivity index (χ0n) is 15.7. The topological polar surface area (TPSA) is 27.7 Å². The molecule has 1 heterocycles. The molecular weight excluding hydrogens is 397 g/mol. The van der Waals surface area contributed by atoms with Crippen LogP contribution in [-0.4, -0.2) is 54.3 Å². The second-order valence-electron chi connectivity index (χ2n) is 6.80. The highest BCUT2D eigenvalue weighted by atomic mass is 35.5. The van der Waals surface area contributed by atoms with Gasteiger partial charge in [-0.3, -0.25) is 4.90 Å². The average Bonchev–Trinajstić information content (AvgIpc) is 2.70. The molecule has 1 aliphatic heterocycles. The molecular formula is C21H25ClFN3OS. The number of thiocarbonyl (C=S) groups is 1. The van der Waals surface area contributed by atoms with Crippen LogP contribution in [0.5, 0.6) is 0 Å². The van der Waals surface area contributed by atoms with Crippen LogP contribution in [0.4, 0.5) is 10.1 Å². The van der Waals surface area contributed by atoms with Gasteiger partial charge in [-0.15, -0.1) is 0 Å². The lowest BCUT2D eigenvalue weighted by molar-refractivity contribution is 0.0368. The van der Waals surface area contributed by atoms with Crippen LogP contribution in [0.25, 0.3) is 0 Å². The molecule has 0 unspecified atom stereocenters. The van der Waals surface area contributed by atoms with Crippen molar-refractivity contribution in [2.45, 2.75) is 13.0 Å². The normalized spacial score (nSPS) is 14.6. The van der Waals surface area contributed by atoms with Gasteiger partial charge in [0.15, 0.2) is 5.11 Å². The molecule has 7 heteroatoms. The fourth-order valence-corrected chi connectivity index (χ4v) is 3.55. The van der Waals surface area contributed by atoms with E-state index in [1.54, 1.807) is 12.1 Å². The third-order valence-electron chi connectivity index (χ3n) is 4.65. The molecule has 1 N–H and O–H groups in total. The summed E-state index contributed by atoms with van der Waals surface area (Å²) in [4.78, 5) is 4.48. The first kappa shape index (κ1) is 21.0. The first-order valence-corrected chi connectivity index (χ1v) is 10.2. The molecule has 0 saturated carbocycles. The molecule has 2 aromatic carbocycles. The fraction of sp³-hybridized carbons (Fsp3) is 0.381. The smallest absolute Gasteiger partial charge is 0.173 e. The third kappa shape index (κ3) is 6.71. The summed E-state index contributed by atoms with van der Waals surface area (Å²) in [5.41, 5.74) is 1.78. The van der Waals surface area contributed by atoms with E-state index in [9.17, 15) is 4.39 Å². The number of morpholine rings is 1. The predicted molar refractivity (Wildman–Crippen MR) is 116 cm³/mol. The summed E-state index contributed by atoms with van der Waals surface area (Å²) in [6.07, 6.45) is 0.970. The molecule has 2 aromatic rings. The van der Waals surface area contributed by atoms with E-state index in [4.69, 9.17) is 28.6 Å². The Morgan fingerprint density at radius 2 is 1.93 bits per heavy atom. The lowest BCUT2D eigenvalue weighted by Crippen LogP contribution is -2.40. The van der Waals surface area contributed by atoms with Crippen molar-refractivity contribution in [3.63, 3.8) is 0 Å². The zero-order chi connectivity index (χ0) is 19.8. The van der Waals surface area contributed by atoms with Gasteiger partial charge < -0.3 is 15.0 Å². The predicted octanol–water partition coefficient (Wildman–Crippen LogP) is 4.40. The number of halogens is 2. The average molecular weight is 422 g/mol. The Morgan fingerprint density at radius 3 is 2.64 bits per heavy atom. The van der Waals surface area contributed by atoms with Gasteiger partial charge in [0.2, 0.25) is 0 Å². The van der Waals surface area contributed by atoms with E-state index in [0.717, 1.165) is 57.1 Å². The van der Waals surface area contributed by atoms with E-state index in [-0.39, 0.29) is 5.82 Å². The van der Waals surface area contributed by atoms with Crippen molar-refractivity contribution in [3.8, 4) is 0 Å². The lowest BCUT2D eigenvalue weighted by Gasteiger charge is -2.29. The van der Waals surface area contributed by atoms with Gasteiger partial charge in [0.25, 0.3) is 0 Å². The van der Waals surface area contributed by atoms with Crippen molar-refractivity contribution in [2.75, 3.05) is 44.7 Å². The summed E-state index contributed by atoms with van der Waals surface area (Å²) in [5.74, 6) is -0.234. The second-order valence-corrected chi connectivity index (χ2v) is 7.62. The molecule has 0 radical (unpaired) electrons. The van der Waals surface area contributed by atoms with Crippen LogP contribution in [-0.2, 0) is 11.3 Å². The second kappa shape index (κ2) is 10.7. The van der Waals surface area contributed by atoms with Crippen molar-refractivity contribution >= 4 is 34.6 Å². The van der Waals surface area contributed by atoms with Gasteiger partial charge in [-0.2, -0.15) is 0 Å². The zero-order valence-corrected chi connectivity index (χ0v) is 17.3. The summed E-state index contributed by atoms with van der Waals surface area (Å²) in [6, 6.07) is 14.1. The lowest BCUT2D eigenvalue weighted by atomic mass is 10.2. The van der Waals surface area contributed by atoms with E-state index in [0.29, 0.717) is 16.7 Å². The van der Waals surface area contributed by atoms with Crippen molar-refractivity contribution < 1.29 is 9.13 Å². The fourth-order valence-electron chi connectivity index (χ4n) is 3.15. The van der Waals surface area contributed by atoms with Gasteiger partial charge in [0, 0.05) is 43.4 Å². The molecule has 1 fully saturated rings. The van der Waals surface area contributed by atoms with Crippen LogP contribution in [0.15, 0.2) is 48.5 Å². The number of hydrogen-bond donors (Lipinski definition) is 1. The van der Waals surface area contributed by atoms with Crippen molar-refractivity contribution in [1.82, 2.24) is 9.80 Å². The summed E-state index contributed by atoms with van der Waals surface area (Å²) in [7, 11) is 0. The van der Waals surface area contributed by atoms with Gasteiger partial charge in [0.05, 0.1) is 13.2 Å². The summed E-state index contributed by atoms with van der Waals surface area (Å²) >= 11 is 11.6. The summed E-state index contributed by atoms with van der Waals surface area (Å²) in [6.45, 7) is 5.86. The van der Waals surface area contributed by atoms with Crippen LogP contribution in [0.1, 0.15) is 12.0 Å². The number of benzene rings is 2. The number of rotatable bonds is 7. The molecule has 0 amide bonds. The maximum Gasteiger partial charge on any atom is 0.173 e. The minimum Gasteiger partial charge on any atom is -0.379 e. The summed E-state index contributed by atoms with van der Waals surface area (Å²) in [5, 5.41) is 4.56. The van der Waals surface area contributed by atoms with Crippen molar-refractivity contribution in [3.05, 3.63) is 64.9 Å². The van der Waals surface area contributed by atoms with E-state index in [2.05, 4.69) is 15.1 Å². The van der Waals surface area contributed by atoms with E-state index in [1.165, 1.54) is 6.07 Å². The molecule has 4 nitrogen and oxygen atoms in total. The van der Waals surface area contributed by atoms with E-state index >= 15 is 0 Å². The van der Waals surface area contributed by atoms with Gasteiger partial charge in [0.1, 0.15) is 5.82 Å². The number of anilines is 1. The molecule has 0 aliphatic carbocycles. The van der Waals surface area contributed by atoms with Crippen LogP contribution >= 0.6 is 23.8 Å². The standard InChI is InChI=1S/C21H25ClFN3OS/c22-18-5-7-20(8-6-18)24-21(28)26(16-17-3-1-4-19(23)15-17)10-2-9-25-11-13-27-14-12-25/h1,3-8,15H,2,9-14,16H2,(H,24,28). The minimum absolute atomic E-state index is 0.234. The molecule has 1 saturated heterocycles. The van der Waals surface area contributed by atoms with Crippen molar-refractivity contribution in [1.29, 1.82) is 0 Å². The number of nitrogens with one attached hydrogen (secondary N) is 1. The Morgan fingerprint density at radius 1 is 1.18 bits per heavy atom. The highest BCUT2D eigenvalue weighted by molar-refractivity contribution is 7.80. The quantitative estimate of drug-likeness (QED) is 0.669. The SMILES string of the molecule is Fc1cccc(CN(CCCN2CCOCC2)C(=S)Nc2ccc(Cl)cc2)c1. The van der Waals surface area contributed by atoms with Crippen LogP contribution < -0.4 is 5.32 Å². The maximum atomic E-state index is 13.6. The Hall–Kier alpha value is -1.73. The highest BCUT2D eigenvalue weighted by Crippen LogP contribution is 2.15. The number of ether oxygens (including phenoxy) is 1. The first-order valence-electron chi connectivity index (χ1n) is 9.46. The first-order chi connectivity index (χ1) is 13.6. The van der Waals surface area contributed by atoms with E-state index < -0.39 is 0 Å².